The molecule has 2 heteroatoms. The molecule has 0 amide bonds. The number of hydrogen-bond acceptors (Lipinski definition) is 2. The third-order valence-electron chi connectivity index (χ3n) is 4.54. The van der Waals surface area contributed by atoms with E-state index >= 15 is 0 Å². The average molecular weight is 366 g/mol. The van der Waals surface area contributed by atoms with E-state index < -0.39 is 0 Å². The van der Waals surface area contributed by atoms with Crippen LogP contribution in [-0.4, -0.2) is 0 Å². The third-order valence-corrected chi connectivity index (χ3v) is 4.54. The largest absolute Gasteiger partial charge is 0.457 e. The van der Waals surface area contributed by atoms with E-state index in [4.69, 9.17) is 9.47 Å². The fourth-order valence-electron chi connectivity index (χ4n) is 3.11. The molecule has 0 unspecified atom stereocenters. The Hall–Kier alpha value is -3.52. The molecule has 4 aromatic rings. The lowest BCUT2D eigenvalue weighted by Crippen LogP contribution is -1.89. The molecule has 0 atom stereocenters. The van der Waals surface area contributed by atoms with Gasteiger partial charge in [0.1, 0.15) is 23.0 Å². The van der Waals surface area contributed by atoms with Crippen LogP contribution in [0.3, 0.4) is 0 Å². The van der Waals surface area contributed by atoms with Crippen molar-refractivity contribution >= 4 is 0 Å². The molecule has 0 N–H and O–H groups in total. The van der Waals surface area contributed by atoms with Crippen molar-refractivity contribution in [1.82, 2.24) is 0 Å². The Morgan fingerprint density at radius 2 is 1.18 bits per heavy atom. The standard InChI is InChI=1S/C26H22O2/c1-19-8-6-12-24(16-19)27-25-13-7-9-21(18-25)22-14-15-26(20(2)17-22)28-23-10-4-3-5-11-23/h3-18H,1-2H3. The SMILES string of the molecule is Cc1cccc(Oc2cccc(-c3ccc(Oc4ccccc4)c(C)c3)c2)c1. The molecule has 28 heavy (non-hydrogen) atoms. The van der Waals surface area contributed by atoms with Gasteiger partial charge in [-0.15, -0.1) is 0 Å². The molecular formula is C26H22O2. The maximum atomic E-state index is 6.03. The van der Waals surface area contributed by atoms with Gasteiger partial charge in [0, 0.05) is 0 Å². The Morgan fingerprint density at radius 3 is 1.93 bits per heavy atom. The molecule has 0 bridgehead atoms. The van der Waals surface area contributed by atoms with Crippen LogP contribution in [0.25, 0.3) is 11.1 Å². The van der Waals surface area contributed by atoms with Crippen molar-refractivity contribution < 1.29 is 9.47 Å². The summed E-state index contributed by atoms with van der Waals surface area (Å²) in [5.74, 6) is 3.37. The maximum absolute atomic E-state index is 6.03. The van der Waals surface area contributed by atoms with E-state index in [1.165, 1.54) is 5.56 Å². The van der Waals surface area contributed by atoms with E-state index in [9.17, 15) is 0 Å². The molecule has 138 valence electrons. The molecule has 0 radical (unpaired) electrons. The number of para-hydroxylation sites is 1. The Morgan fingerprint density at radius 1 is 0.500 bits per heavy atom. The predicted octanol–water partition coefficient (Wildman–Crippen LogP) is 7.56. The summed E-state index contributed by atoms with van der Waals surface area (Å²) in [5, 5.41) is 0. The van der Waals surface area contributed by atoms with Gasteiger partial charge in [-0.25, -0.2) is 0 Å². The van der Waals surface area contributed by atoms with Crippen molar-refractivity contribution in [3.8, 4) is 34.1 Å². The lowest BCUT2D eigenvalue weighted by atomic mass is 10.0. The molecule has 0 fully saturated rings. The van der Waals surface area contributed by atoms with E-state index in [-0.39, 0.29) is 0 Å². The zero-order valence-corrected chi connectivity index (χ0v) is 16.1. The average Bonchev–Trinajstić information content (AvgIpc) is 2.71. The Bertz CT molecular complexity index is 1080. The fourth-order valence-corrected chi connectivity index (χ4v) is 3.11. The highest BCUT2D eigenvalue weighted by molar-refractivity contribution is 5.67. The van der Waals surface area contributed by atoms with Gasteiger partial charge in [-0.2, -0.15) is 0 Å². The van der Waals surface area contributed by atoms with Gasteiger partial charge in [0.15, 0.2) is 0 Å². The summed E-state index contributed by atoms with van der Waals surface area (Å²) in [6.45, 7) is 4.12. The van der Waals surface area contributed by atoms with Gasteiger partial charge in [-0.3, -0.25) is 0 Å². The molecule has 4 rings (SSSR count). The van der Waals surface area contributed by atoms with Crippen LogP contribution < -0.4 is 9.47 Å². The second-order valence-corrected chi connectivity index (χ2v) is 6.84. The second-order valence-electron chi connectivity index (χ2n) is 6.84. The van der Waals surface area contributed by atoms with Gasteiger partial charge in [0.05, 0.1) is 0 Å². The van der Waals surface area contributed by atoms with Gasteiger partial charge in [0.2, 0.25) is 0 Å². The zero-order valence-electron chi connectivity index (χ0n) is 16.1. The minimum Gasteiger partial charge on any atom is -0.457 e. The molecule has 0 heterocycles. The summed E-state index contributed by atoms with van der Waals surface area (Å²) in [5.41, 5.74) is 4.51. The first-order valence-corrected chi connectivity index (χ1v) is 9.36. The molecule has 4 aromatic carbocycles. The van der Waals surface area contributed by atoms with Crippen LogP contribution in [0.2, 0.25) is 0 Å². The lowest BCUT2D eigenvalue weighted by molar-refractivity contribution is 0.479. The van der Waals surface area contributed by atoms with Crippen molar-refractivity contribution in [3.63, 3.8) is 0 Å². The van der Waals surface area contributed by atoms with Crippen LogP contribution in [0, 0.1) is 13.8 Å². The van der Waals surface area contributed by atoms with Crippen molar-refractivity contribution in [2.45, 2.75) is 13.8 Å². The van der Waals surface area contributed by atoms with Crippen molar-refractivity contribution in [2.75, 3.05) is 0 Å². The van der Waals surface area contributed by atoms with Crippen LogP contribution in [-0.2, 0) is 0 Å². The first kappa shape index (κ1) is 17.9. The zero-order chi connectivity index (χ0) is 19.3. The monoisotopic (exact) mass is 366 g/mol. The molecule has 2 nitrogen and oxygen atoms in total. The molecule has 0 spiro atoms. The van der Waals surface area contributed by atoms with Crippen LogP contribution in [0.4, 0.5) is 0 Å². The minimum absolute atomic E-state index is 0.824. The van der Waals surface area contributed by atoms with Gasteiger partial charge >= 0.3 is 0 Å². The summed E-state index contributed by atoms with van der Waals surface area (Å²) in [7, 11) is 0. The predicted molar refractivity (Wildman–Crippen MR) is 114 cm³/mol. The molecule has 0 aliphatic rings. The van der Waals surface area contributed by atoms with Crippen molar-refractivity contribution in [1.29, 1.82) is 0 Å². The number of aryl methyl sites for hydroxylation is 2. The smallest absolute Gasteiger partial charge is 0.130 e. The van der Waals surface area contributed by atoms with Crippen molar-refractivity contribution in [2.24, 2.45) is 0 Å². The normalized spacial score (nSPS) is 10.5. The quantitative estimate of drug-likeness (QED) is 0.363. The van der Waals surface area contributed by atoms with Gasteiger partial charge in [-0.1, -0.05) is 48.5 Å². The summed E-state index contributed by atoms with van der Waals surface area (Å²) >= 11 is 0. The first-order valence-electron chi connectivity index (χ1n) is 9.36. The van der Waals surface area contributed by atoms with Gasteiger partial charge in [0.25, 0.3) is 0 Å². The van der Waals surface area contributed by atoms with Crippen LogP contribution in [0.5, 0.6) is 23.0 Å². The summed E-state index contributed by atoms with van der Waals surface area (Å²) < 4.78 is 12.0. The molecule has 0 saturated heterocycles. The maximum Gasteiger partial charge on any atom is 0.130 e. The lowest BCUT2D eigenvalue weighted by Gasteiger charge is -2.12. The second kappa shape index (κ2) is 8.01. The highest BCUT2D eigenvalue weighted by Crippen LogP contribution is 2.32. The minimum atomic E-state index is 0.824. The molecular weight excluding hydrogens is 344 g/mol. The highest BCUT2D eigenvalue weighted by atomic mass is 16.5. The van der Waals surface area contributed by atoms with Crippen LogP contribution >= 0.6 is 0 Å². The number of benzene rings is 4. The van der Waals surface area contributed by atoms with E-state index in [0.717, 1.165) is 39.7 Å². The fraction of sp³-hybridized carbons (Fsp3) is 0.0769. The molecule has 0 saturated carbocycles. The Kier molecular flexibility index (Phi) is 5.11. The Balaban J connectivity index is 1.56. The topological polar surface area (TPSA) is 18.5 Å². The third kappa shape index (κ3) is 4.24. The van der Waals surface area contributed by atoms with Gasteiger partial charge < -0.3 is 9.47 Å². The Labute approximate surface area is 166 Å². The first-order chi connectivity index (χ1) is 13.7. The van der Waals surface area contributed by atoms with Gasteiger partial charge in [-0.05, 0) is 84.6 Å². The molecule has 0 aromatic heterocycles. The van der Waals surface area contributed by atoms with E-state index in [1.54, 1.807) is 0 Å². The van der Waals surface area contributed by atoms with E-state index in [0.29, 0.717) is 0 Å². The summed E-state index contributed by atoms with van der Waals surface area (Å²) in [6, 6.07) is 32.3. The molecule has 0 aliphatic heterocycles. The summed E-state index contributed by atoms with van der Waals surface area (Å²) in [4.78, 5) is 0. The van der Waals surface area contributed by atoms with Crippen LogP contribution in [0.15, 0.2) is 97.1 Å². The number of rotatable bonds is 5. The molecule has 0 aliphatic carbocycles. The highest BCUT2D eigenvalue weighted by Gasteiger charge is 2.06. The van der Waals surface area contributed by atoms with E-state index in [2.05, 4.69) is 44.2 Å². The van der Waals surface area contributed by atoms with Crippen LogP contribution in [0.1, 0.15) is 11.1 Å². The van der Waals surface area contributed by atoms with Crippen molar-refractivity contribution in [3.05, 3.63) is 108 Å². The number of ether oxygens (including phenoxy) is 2. The summed E-state index contributed by atoms with van der Waals surface area (Å²) in [6.07, 6.45) is 0. The van der Waals surface area contributed by atoms with E-state index in [1.807, 2.05) is 66.7 Å². The number of hydrogen-bond donors (Lipinski definition) is 0.